The number of halogens is 1. The zero-order valence-corrected chi connectivity index (χ0v) is 12.4. The van der Waals surface area contributed by atoms with E-state index in [-0.39, 0.29) is 5.83 Å². The molecule has 2 rings (SSSR count). The molecule has 0 saturated heterocycles. The number of hydrogen-bond acceptors (Lipinski definition) is 2. The third kappa shape index (κ3) is 2.87. The topological polar surface area (TPSA) is 16.1 Å². The number of nitrogens with zero attached hydrogens (tertiary/aromatic N) is 2. The van der Waals surface area contributed by atoms with Crippen LogP contribution in [0.4, 0.5) is 4.39 Å². The lowest BCUT2D eigenvalue weighted by atomic mass is 10.1. The number of allylic oxidation sites excluding steroid dienone is 4. The Morgan fingerprint density at radius 2 is 2.00 bits per heavy atom. The van der Waals surface area contributed by atoms with Crippen molar-refractivity contribution in [1.29, 1.82) is 0 Å². The van der Waals surface area contributed by atoms with E-state index < -0.39 is 0 Å². The monoisotopic (exact) mass is 270 g/mol. The highest BCUT2D eigenvalue weighted by Crippen LogP contribution is 2.29. The van der Waals surface area contributed by atoms with Crippen LogP contribution in [0, 0.1) is 13.8 Å². The van der Waals surface area contributed by atoms with Gasteiger partial charge in [-0.2, -0.15) is 0 Å². The highest BCUT2D eigenvalue weighted by Gasteiger charge is 2.17. The largest absolute Gasteiger partial charge is 0.321 e. The Morgan fingerprint density at radius 1 is 1.30 bits per heavy atom. The van der Waals surface area contributed by atoms with Crippen LogP contribution in [0.1, 0.15) is 30.8 Å². The second-order valence-corrected chi connectivity index (χ2v) is 5.24. The number of rotatable bonds is 2. The minimum atomic E-state index is -0.333. The van der Waals surface area contributed by atoms with Crippen LogP contribution in [0.2, 0.25) is 0 Å². The summed E-state index contributed by atoms with van der Waals surface area (Å²) >= 11 is 0. The summed E-state index contributed by atoms with van der Waals surface area (Å²) in [4.78, 5) is 6.22. The van der Waals surface area contributed by atoms with Gasteiger partial charge in [-0.15, -0.1) is 0 Å². The van der Waals surface area contributed by atoms with Gasteiger partial charge in [0.05, 0.1) is 11.4 Å². The van der Waals surface area contributed by atoms with Gasteiger partial charge in [0, 0.05) is 23.7 Å². The van der Waals surface area contributed by atoms with Crippen molar-refractivity contribution in [3.63, 3.8) is 0 Å². The molecule has 0 N–H and O–H groups in total. The number of aromatic nitrogens is 1. The lowest BCUT2D eigenvalue weighted by Crippen LogP contribution is -2.14. The van der Waals surface area contributed by atoms with E-state index >= 15 is 0 Å². The molecule has 1 aromatic rings. The third-order valence-electron chi connectivity index (χ3n) is 3.19. The molecule has 20 heavy (non-hydrogen) atoms. The number of hydrogen-bond donors (Lipinski definition) is 0. The van der Waals surface area contributed by atoms with Crippen LogP contribution in [-0.4, -0.2) is 9.88 Å². The lowest BCUT2D eigenvalue weighted by molar-refractivity contribution is 0.543. The molecule has 2 heterocycles. The fourth-order valence-electron chi connectivity index (χ4n) is 1.93. The highest BCUT2D eigenvalue weighted by molar-refractivity contribution is 5.75. The Kier molecular flexibility index (Phi) is 3.89. The second kappa shape index (κ2) is 5.45. The van der Waals surface area contributed by atoms with E-state index in [1.165, 1.54) is 6.08 Å². The van der Waals surface area contributed by atoms with Gasteiger partial charge in [-0.3, -0.25) is 4.98 Å². The van der Waals surface area contributed by atoms with Crippen molar-refractivity contribution in [2.45, 2.75) is 27.7 Å². The predicted octanol–water partition coefficient (Wildman–Crippen LogP) is 4.65. The molecule has 0 unspecified atom stereocenters. The van der Waals surface area contributed by atoms with E-state index in [1.807, 2.05) is 52.2 Å². The van der Waals surface area contributed by atoms with E-state index in [9.17, 15) is 4.39 Å². The van der Waals surface area contributed by atoms with Crippen molar-refractivity contribution in [2.75, 3.05) is 0 Å². The lowest BCUT2D eigenvalue weighted by Gasteiger charge is -2.23. The van der Waals surface area contributed by atoms with Gasteiger partial charge in [-0.25, -0.2) is 4.39 Å². The summed E-state index contributed by atoms with van der Waals surface area (Å²) in [6.45, 7) is 11.7. The first kappa shape index (κ1) is 14.3. The maximum Gasteiger partial charge on any atom is 0.147 e. The Hall–Kier alpha value is -2.16. The minimum Gasteiger partial charge on any atom is -0.321 e. The van der Waals surface area contributed by atoms with Crippen LogP contribution in [0.3, 0.4) is 0 Å². The number of aryl methyl sites for hydroxylation is 2. The fraction of sp³-hybridized carbons (Fsp3) is 0.235. The van der Waals surface area contributed by atoms with Crippen molar-refractivity contribution < 1.29 is 4.39 Å². The average Bonchev–Trinajstić information content (AvgIpc) is 2.37. The molecule has 0 aromatic carbocycles. The maximum absolute atomic E-state index is 14.0. The van der Waals surface area contributed by atoms with E-state index in [0.717, 1.165) is 28.1 Å². The summed E-state index contributed by atoms with van der Waals surface area (Å²) < 4.78 is 14.0. The standard InChI is InChI=1S/C17H19FN2/c1-11(2)9-20-10-15(8-16(18)14(20)5)17-7-6-12(3)13(4)19-17/h6-10H,5H2,1-4H3. The van der Waals surface area contributed by atoms with E-state index in [4.69, 9.17) is 0 Å². The van der Waals surface area contributed by atoms with Crippen molar-refractivity contribution in [1.82, 2.24) is 9.88 Å². The van der Waals surface area contributed by atoms with Gasteiger partial charge in [0.2, 0.25) is 0 Å². The van der Waals surface area contributed by atoms with Crippen LogP contribution in [0.15, 0.2) is 54.3 Å². The Labute approximate surface area is 119 Å². The molecule has 0 spiro atoms. The van der Waals surface area contributed by atoms with Crippen molar-refractivity contribution in [2.24, 2.45) is 0 Å². The highest BCUT2D eigenvalue weighted by atomic mass is 19.1. The summed E-state index contributed by atoms with van der Waals surface area (Å²) in [6, 6.07) is 3.91. The molecule has 0 bridgehead atoms. The smallest absolute Gasteiger partial charge is 0.147 e. The van der Waals surface area contributed by atoms with E-state index in [0.29, 0.717) is 5.70 Å². The van der Waals surface area contributed by atoms with Crippen molar-refractivity contribution >= 4 is 5.57 Å². The van der Waals surface area contributed by atoms with Crippen LogP contribution >= 0.6 is 0 Å². The Bertz CT molecular complexity index is 647. The molecule has 0 saturated carbocycles. The SMILES string of the molecule is C=C1C(F)=CC(c2ccc(C)c(C)n2)=CN1C=C(C)C. The first-order valence-electron chi connectivity index (χ1n) is 6.55. The maximum atomic E-state index is 14.0. The van der Waals surface area contributed by atoms with E-state index in [1.54, 1.807) is 4.90 Å². The first-order chi connectivity index (χ1) is 9.38. The van der Waals surface area contributed by atoms with Gasteiger partial charge in [0.25, 0.3) is 0 Å². The molecular formula is C17H19FN2. The molecule has 0 radical (unpaired) electrons. The van der Waals surface area contributed by atoms with E-state index in [2.05, 4.69) is 11.6 Å². The van der Waals surface area contributed by atoms with Crippen LogP contribution in [0.5, 0.6) is 0 Å². The summed E-state index contributed by atoms with van der Waals surface area (Å²) in [5.41, 5.74) is 5.01. The second-order valence-electron chi connectivity index (χ2n) is 5.24. The van der Waals surface area contributed by atoms with Crippen LogP contribution in [-0.2, 0) is 0 Å². The summed E-state index contributed by atoms with van der Waals surface area (Å²) in [5.74, 6) is -0.333. The quantitative estimate of drug-likeness (QED) is 0.778. The normalized spacial score (nSPS) is 14.8. The molecule has 0 amide bonds. The van der Waals surface area contributed by atoms with Crippen molar-refractivity contribution in [3.05, 3.63) is 71.2 Å². The minimum absolute atomic E-state index is 0.333. The zero-order chi connectivity index (χ0) is 14.9. The zero-order valence-electron chi connectivity index (χ0n) is 12.4. The van der Waals surface area contributed by atoms with Gasteiger partial charge in [0.1, 0.15) is 5.83 Å². The van der Waals surface area contributed by atoms with Gasteiger partial charge in [-0.1, -0.05) is 18.2 Å². The van der Waals surface area contributed by atoms with Crippen molar-refractivity contribution in [3.8, 4) is 0 Å². The van der Waals surface area contributed by atoms with Gasteiger partial charge >= 0.3 is 0 Å². The summed E-state index contributed by atoms with van der Waals surface area (Å²) in [6.07, 6.45) is 5.19. The number of pyridine rings is 1. The van der Waals surface area contributed by atoms with Gasteiger partial charge in [0.15, 0.2) is 0 Å². The first-order valence-corrected chi connectivity index (χ1v) is 6.55. The molecule has 0 atom stereocenters. The Balaban J connectivity index is 2.46. The average molecular weight is 270 g/mol. The molecule has 3 heteroatoms. The molecule has 1 aromatic heterocycles. The molecule has 1 aliphatic rings. The molecular weight excluding hydrogens is 251 g/mol. The summed E-state index contributed by atoms with van der Waals surface area (Å²) in [7, 11) is 0. The molecule has 104 valence electrons. The molecule has 2 nitrogen and oxygen atoms in total. The molecule has 1 aliphatic heterocycles. The predicted molar refractivity (Wildman–Crippen MR) is 81.3 cm³/mol. The van der Waals surface area contributed by atoms with Gasteiger partial charge in [-0.05, 0) is 45.4 Å². The van der Waals surface area contributed by atoms with Crippen LogP contribution < -0.4 is 0 Å². The van der Waals surface area contributed by atoms with Crippen LogP contribution in [0.25, 0.3) is 5.57 Å². The molecule has 0 fully saturated rings. The molecule has 0 aliphatic carbocycles. The summed E-state index contributed by atoms with van der Waals surface area (Å²) in [5, 5.41) is 0. The van der Waals surface area contributed by atoms with Gasteiger partial charge < -0.3 is 4.90 Å². The Morgan fingerprint density at radius 3 is 2.60 bits per heavy atom. The fourth-order valence-corrected chi connectivity index (χ4v) is 1.93. The third-order valence-corrected chi connectivity index (χ3v) is 3.19.